The molecule has 16 rings (SSSR count). The van der Waals surface area contributed by atoms with Crippen molar-refractivity contribution in [1.29, 1.82) is 0 Å². The van der Waals surface area contributed by atoms with Crippen LogP contribution in [0.15, 0.2) is 231 Å². The number of benzene rings is 12. The van der Waals surface area contributed by atoms with E-state index in [1.807, 2.05) is 0 Å². The Balaban J connectivity index is 0.689. The second-order valence-corrected chi connectivity index (χ2v) is 26.0. The molecule has 0 nitrogen and oxygen atoms in total. The molecule has 84 heavy (non-hydrogen) atoms. The van der Waals surface area contributed by atoms with Crippen LogP contribution in [-0.4, -0.2) is 0 Å². The fourth-order valence-corrected chi connectivity index (χ4v) is 16.7. The highest BCUT2D eigenvalue weighted by atomic mass is 14.5. The topological polar surface area (TPSA) is 0 Å². The van der Waals surface area contributed by atoms with E-state index in [4.69, 9.17) is 0 Å². The van der Waals surface area contributed by atoms with Crippen LogP contribution in [0.1, 0.15) is 126 Å². The van der Waals surface area contributed by atoms with Crippen molar-refractivity contribution >= 4 is 21.5 Å². The minimum atomic E-state index is -0.149. The van der Waals surface area contributed by atoms with Gasteiger partial charge in [0.25, 0.3) is 0 Å². The Labute approximate surface area is 496 Å². The second-order valence-electron chi connectivity index (χ2n) is 26.0. The average Bonchev–Trinajstić information content (AvgIpc) is 2.68. The second kappa shape index (κ2) is 18.3. The summed E-state index contributed by atoms with van der Waals surface area (Å²) in [5.41, 5.74) is 35.0. The number of fused-ring (bicyclic) bond motifs is 14. The smallest absolute Gasteiger partial charge is 0.0210 e. The van der Waals surface area contributed by atoms with Gasteiger partial charge < -0.3 is 0 Å². The molecule has 0 spiro atoms. The van der Waals surface area contributed by atoms with Gasteiger partial charge in [0.1, 0.15) is 0 Å². The van der Waals surface area contributed by atoms with Crippen LogP contribution in [-0.2, 0) is 21.7 Å². The van der Waals surface area contributed by atoms with Crippen molar-refractivity contribution in [3.63, 3.8) is 0 Å². The highest BCUT2D eigenvalue weighted by Gasteiger charge is 2.44. The molecule has 4 aliphatic carbocycles. The van der Waals surface area contributed by atoms with E-state index >= 15 is 0 Å². The van der Waals surface area contributed by atoms with E-state index in [9.17, 15) is 0 Å². The summed E-state index contributed by atoms with van der Waals surface area (Å²) >= 11 is 0. The van der Waals surface area contributed by atoms with Gasteiger partial charge in [-0.1, -0.05) is 225 Å². The summed E-state index contributed by atoms with van der Waals surface area (Å²) in [6, 6.07) is 89.5. The van der Waals surface area contributed by atoms with Crippen molar-refractivity contribution < 1.29 is 0 Å². The zero-order chi connectivity index (χ0) is 57.0. The quantitative estimate of drug-likeness (QED) is 0.135. The molecule has 0 heterocycles. The van der Waals surface area contributed by atoms with Gasteiger partial charge in [0, 0.05) is 21.7 Å². The van der Waals surface area contributed by atoms with Crippen molar-refractivity contribution in [3.8, 4) is 100 Å². The van der Waals surface area contributed by atoms with Gasteiger partial charge in [-0.25, -0.2) is 0 Å². The summed E-state index contributed by atoms with van der Waals surface area (Å²) < 4.78 is 0. The first-order chi connectivity index (χ1) is 40.8. The summed E-state index contributed by atoms with van der Waals surface area (Å²) in [6.45, 7) is 19.2. The molecular formula is C84H70. The van der Waals surface area contributed by atoms with Gasteiger partial charge in [0.15, 0.2) is 0 Å². The summed E-state index contributed by atoms with van der Waals surface area (Å²) in [5.74, 6) is 0. The van der Waals surface area contributed by atoms with E-state index in [1.165, 1.54) is 166 Å². The zero-order valence-corrected chi connectivity index (χ0v) is 49.8. The van der Waals surface area contributed by atoms with Crippen molar-refractivity contribution in [2.24, 2.45) is 0 Å². The van der Waals surface area contributed by atoms with E-state index < -0.39 is 0 Å². The molecule has 12 aromatic carbocycles. The van der Waals surface area contributed by atoms with Gasteiger partial charge in [-0.15, -0.1) is 0 Å². The third-order valence-electron chi connectivity index (χ3n) is 21.7. The molecular weight excluding hydrogens is 1010 g/mol. The van der Waals surface area contributed by atoms with Gasteiger partial charge in [-0.3, -0.25) is 0 Å². The Kier molecular flexibility index (Phi) is 11.1. The predicted octanol–water partition coefficient (Wildman–Crippen LogP) is 23.1. The molecule has 0 atom stereocenters. The van der Waals surface area contributed by atoms with Gasteiger partial charge >= 0.3 is 0 Å². The van der Waals surface area contributed by atoms with Gasteiger partial charge in [0.05, 0.1) is 0 Å². The van der Waals surface area contributed by atoms with Crippen molar-refractivity contribution in [1.82, 2.24) is 0 Å². The van der Waals surface area contributed by atoms with E-state index in [0.29, 0.717) is 0 Å². The van der Waals surface area contributed by atoms with Crippen molar-refractivity contribution in [3.05, 3.63) is 275 Å². The first kappa shape index (κ1) is 50.9. The number of rotatable bonds is 9. The zero-order valence-electron chi connectivity index (χ0n) is 49.8. The first-order valence-corrected chi connectivity index (χ1v) is 31.0. The Bertz CT molecular complexity index is 4770. The van der Waals surface area contributed by atoms with Crippen LogP contribution < -0.4 is 0 Å². The Morgan fingerprint density at radius 2 is 0.429 bits per heavy atom. The molecule has 0 fully saturated rings. The lowest BCUT2D eigenvalue weighted by Crippen LogP contribution is -2.23. The van der Waals surface area contributed by atoms with Crippen LogP contribution in [0.4, 0.5) is 0 Å². The molecule has 12 aromatic rings. The predicted molar refractivity (Wildman–Crippen MR) is 357 cm³/mol. The molecule has 0 amide bonds. The Hall–Kier alpha value is -8.84. The van der Waals surface area contributed by atoms with Gasteiger partial charge in [0.2, 0.25) is 0 Å². The molecule has 0 aromatic heterocycles. The third kappa shape index (κ3) is 7.13. The third-order valence-corrected chi connectivity index (χ3v) is 21.7. The molecule has 0 heteroatoms. The van der Waals surface area contributed by atoms with Crippen LogP contribution in [0, 0.1) is 0 Å². The number of hydrogen-bond donors (Lipinski definition) is 0. The average molecular weight is 1080 g/mol. The van der Waals surface area contributed by atoms with Crippen LogP contribution in [0.3, 0.4) is 0 Å². The number of hydrogen-bond acceptors (Lipinski definition) is 0. The van der Waals surface area contributed by atoms with E-state index in [-0.39, 0.29) is 21.7 Å². The van der Waals surface area contributed by atoms with Crippen molar-refractivity contribution in [2.75, 3.05) is 0 Å². The van der Waals surface area contributed by atoms with Crippen LogP contribution >= 0.6 is 0 Å². The highest BCUT2D eigenvalue weighted by molar-refractivity contribution is 5.96. The van der Waals surface area contributed by atoms with Gasteiger partial charge in [-0.2, -0.15) is 0 Å². The maximum absolute atomic E-state index is 2.57. The Morgan fingerprint density at radius 1 is 0.202 bits per heavy atom. The molecule has 0 aliphatic heterocycles. The molecule has 0 saturated carbocycles. The highest BCUT2D eigenvalue weighted by Crippen LogP contribution is 2.58. The standard InChI is InChI=1S/C84H70/c1-9-83(10-2)77-47-61(57-26-25-55-42-54(23-24-56(55)43-57)53-22-21-51-17-13-14-18-52(51)41-53)30-37-69(77)71-39-32-63(49-79(71)83)64-33-40-72-70-38-31-62(48-78(70)84(11-3,12-4)80(72)50-64)60-29-36-68-67-35-28-59(45-75(67)82(7,8)76(68)46-60)58-27-34-66-65-19-15-16-20-73(65)81(5,6)74(66)44-58/h13-50H,9-12H2,1-8H3. The van der Waals surface area contributed by atoms with Crippen LogP contribution in [0.5, 0.6) is 0 Å². The lowest BCUT2D eigenvalue weighted by molar-refractivity contribution is 0.490. The molecule has 4 aliphatic rings. The lowest BCUT2D eigenvalue weighted by atomic mass is 9.72. The summed E-state index contributed by atoms with van der Waals surface area (Å²) in [6.07, 6.45) is 4.17. The lowest BCUT2D eigenvalue weighted by Gasteiger charge is -2.31. The summed E-state index contributed by atoms with van der Waals surface area (Å²) in [5, 5.41) is 5.08. The minimum absolute atomic E-state index is 0.0312. The summed E-state index contributed by atoms with van der Waals surface area (Å²) in [4.78, 5) is 0. The molecule has 0 saturated heterocycles. The van der Waals surface area contributed by atoms with Gasteiger partial charge in [-0.05, 0) is 253 Å². The molecule has 406 valence electrons. The van der Waals surface area contributed by atoms with Crippen LogP contribution in [0.25, 0.3) is 122 Å². The SMILES string of the molecule is CCC1(CC)c2cc(-c3ccc4c(c3)C(C)(C)c3cc(-c5ccc6c(c5)C(C)(C)c5ccccc5-6)ccc3-4)ccc2-c2ccc(-c3ccc4c(c3)C(CC)(CC)c3cc(-c5ccc6cc(-c7ccc8ccccc8c7)ccc6c5)ccc3-4)cc21. The largest absolute Gasteiger partial charge is 0.0642 e. The fourth-order valence-electron chi connectivity index (χ4n) is 16.7. The summed E-state index contributed by atoms with van der Waals surface area (Å²) in [7, 11) is 0. The van der Waals surface area contributed by atoms with E-state index in [2.05, 4.69) is 286 Å². The van der Waals surface area contributed by atoms with Crippen LogP contribution in [0.2, 0.25) is 0 Å². The Morgan fingerprint density at radius 3 is 0.774 bits per heavy atom. The molecule has 0 N–H and O–H groups in total. The monoisotopic (exact) mass is 1080 g/mol. The van der Waals surface area contributed by atoms with E-state index in [1.54, 1.807) is 0 Å². The normalized spacial score (nSPS) is 15.5. The maximum Gasteiger partial charge on any atom is 0.0210 e. The molecule has 0 bridgehead atoms. The van der Waals surface area contributed by atoms with E-state index in [0.717, 1.165) is 25.7 Å². The maximum atomic E-state index is 2.57. The minimum Gasteiger partial charge on any atom is -0.0642 e. The fraction of sp³-hybridized carbons (Fsp3) is 0.190. The molecule has 0 unspecified atom stereocenters. The van der Waals surface area contributed by atoms with Crippen molar-refractivity contribution in [2.45, 2.75) is 103 Å². The molecule has 0 radical (unpaired) electrons. The first-order valence-electron chi connectivity index (χ1n) is 31.0.